The molecule has 0 amide bonds. The molecule has 10 atom stereocenters. The number of ether oxygens (including phenoxy) is 1. The Morgan fingerprint density at radius 2 is 1.58 bits per heavy atom. The summed E-state index contributed by atoms with van der Waals surface area (Å²) in [5.74, 6) is 0.401. The predicted octanol–water partition coefficient (Wildman–Crippen LogP) is -1.12. The molecule has 0 radical (unpaired) electrons. The molecule has 0 saturated heterocycles. The number of hydrogen-bond donors (Lipinski definition) is 0. The van der Waals surface area contributed by atoms with Gasteiger partial charge in [0.2, 0.25) is 20.8 Å². The van der Waals surface area contributed by atoms with Gasteiger partial charge < -0.3 is 13.8 Å². The van der Waals surface area contributed by atoms with Crippen LogP contribution in [0.3, 0.4) is 0 Å². The first kappa shape index (κ1) is 40.1. The maximum Gasteiger partial charge on any atom is 1.00 e. The molecule has 0 aromatic heterocycles. The van der Waals surface area contributed by atoms with Gasteiger partial charge in [-0.25, -0.2) is 16.8 Å². The smallest absolute Gasteiger partial charge is 0.726 e. The zero-order chi connectivity index (χ0) is 30.5. The summed E-state index contributed by atoms with van der Waals surface area (Å²) in [7, 11) is -9.96. The first-order valence-corrected chi connectivity index (χ1v) is 17.7. The van der Waals surface area contributed by atoms with Crippen molar-refractivity contribution in [2.24, 2.45) is 46.3 Å². The molecule has 4 aliphatic rings. The molecule has 236 valence electrons. The molecular formula is C29H46Na2O10S2. The molecule has 1 unspecified atom stereocenters. The fraction of sp³-hybridized carbons (Fsp3) is 0.897. The van der Waals surface area contributed by atoms with E-state index in [1.807, 2.05) is 6.92 Å². The van der Waals surface area contributed by atoms with Crippen LogP contribution in [0.4, 0.5) is 0 Å². The van der Waals surface area contributed by atoms with Gasteiger partial charge in [-0.3, -0.25) is 13.2 Å². The van der Waals surface area contributed by atoms with Crippen molar-refractivity contribution in [1.82, 2.24) is 0 Å². The third-order valence-corrected chi connectivity index (χ3v) is 12.1. The van der Waals surface area contributed by atoms with Crippen LogP contribution >= 0.6 is 0 Å². The van der Waals surface area contributed by atoms with Crippen molar-refractivity contribution in [2.75, 3.05) is 0 Å². The van der Waals surface area contributed by atoms with Crippen LogP contribution in [0.5, 0.6) is 0 Å². The first-order chi connectivity index (χ1) is 18.8. The van der Waals surface area contributed by atoms with E-state index in [0.29, 0.717) is 31.1 Å². The molecule has 0 spiro atoms. The van der Waals surface area contributed by atoms with Crippen LogP contribution < -0.4 is 59.1 Å². The molecule has 4 rings (SSSR count). The summed E-state index contributed by atoms with van der Waals surface area (Å²) < 4.78 is 85.3. The molecule has 0 heterocycles. The second kappa shape index (κ2) is 15.0. The zero-order valence-corrected chi connectivity index (χ0v) is 32.7. The van der Waals surface area contributed by atoms with Gasteiger partial charge in [0.25, 0.3) is 0 Å². The molecule has 0 aromatic rings. The number of carbonyl (C=O) groups excluding carboxylic acids is 1. The summed E-state index contributed by atoms with van der Waals surface area (Å²) in [6, 6.07) is 0. The van der Waals surface area contributed by atoms with Crippen LogP contribution in [-0.2, 0) is 38.7 Å². The number of fused-ring (bicyclic) bond motifs is 5. The predicted molar refractivity (Wildman–Crippen MR) is 149 cm³/mol. The molecule has 0 aliphatic heterocycles. The minimum atomic E-state index is -5.03. The standard InChI is InChI=1S/C29H48O10S2.2Na/c1-17(2)7-10-26(37-19(4)30)18(3)22-8-9-23-21-16-27(39-41(34,35)36)25-15-20(38-40(31,32)33)11-13-29(25,6)24(21)12-14-28(22,23)5;;/h12,17-18,20-23,25-27H,7-11,13-16H2,1-6H3,(H,31,32,33)(H,34,35,36);;/q;2*+1/p-2/t18-,20-,21-,22+,23-,25?,26+,27-,28+,29+;;/m0../s1. The van der Waals surface area contributed by atoms with Crippen molar-refractivity contribution in [3.8, 4) is 0 Å². The first-order valence-electron chi connectivity index (χ1n) is 15.0. The SMILES string of the molecule is CC(=O)O[C@H](CCC(C)C)[C@@H](C)[C@H]1CC[C@H]2[C@@H]3C[C@H](OS(=O)(=O)[O-])C4C[C@@H](OS(=O)(=O)[O-])CC[C@]4(C)C3=CC[C@]12C.[Na+].[Na+]. The van der Waals surface area contributed by atoms with Gasteiger partial charge in [-0.2, -0.15) is 0 Å². The average Bonchev–Trinajstić information content (AvgIpc) is 3.17. The maximum atomic E-state index is 12.0. The Morgan fingerprint density at radius 1 is 0.953 bits per heavy atom. The molecule has 14 heteroatoms. The van der Waals surface area contributed by atoms with E-state index in [1.165, 1.54) is 12.5 Å². The second-order valence-electron chi connectivity index (χ2n) is 13.9. The van der Waals surface area contributed by atoms with Gasteiger partial charge in [0.05, 0.1) is 12.2 Å². The molecule has 10 nitrogen and oxygen atoms in total. The number of allylic oxidation sites excluding steroid dienone is 2. The Hall–Kier alpha value is 0.950. The third kappa shape index (κ3) is 9.10. The molecule has 3 saturated carbocycles. The van der Waals surface area contributed by atoms with Gasteiger partial charge in [0, 0.05) is 6.92 Å². The van der Waals surface area contributed by atoms with E-state index in [4.69, 9.17) is 13.1 Å². The molecule has 0 aromatic carbocycles. The summed E-state index contributed by atoms with van der Waals surface area (Å²) in [5.41, 5.74) is 0.597. The Kier molecular flexibility index (Phi) is 14.0. The molecule has 3 fully saturated rings. The Labute approximate surface area is 302 Å². The summed E-state index contributed by atoms with van der Waals surface area (Å²) in [6.45, 7) is 12.3. The van der Waals surface area contributed by atoms with Crippen molar-refractivity contribution in [2.45, 2.75) is 118 Å². The monoisotopic (exact) mass is 664 g/mol. The van der Waals surface area contributed by atoms with Crippen molar-refractivity contribution in [3.05, 3.63) is 11.6 Å². The van der Waals surface area contributed by atoms with Crippen molar-refractivity contribution in [1.29, 1.82) is 0 Å². The fourth-order valence-corrected chi connectivity index (χ4v) is 10.3. The van der Waals surface area contributed by atoms with Gasteiger partial charge in [-0.05, 0) is 104 Å². The molecular weight excluding hydrogens is 618 g/mol. The molecule has 4 aliphatic carbocycles. The van der Waals surface area contributed by atoms with E-state index in [2.05, 4.69) is 33.8 Å². The minimum Gasteiger partial charge on any atom is -0.726 e. The van der Waals surface area contributed by atoms with Crippen molar-refractivity contribution >= 4 is 26.8 Å². The Morgan fingerprint density at radius 3 is 2.14 bits per heavy atom. The van der Waals surface area contributed by atoms with Crippen molar-refractivity contribution < 1.29 is 103 Å². The van der Waals surface area contributed by atoms with Crippen LogP contribution in [0.2, 0.25) is 0 Å². The topological polar surface area (TPSA) is 159 Å². The van der Waals surface area contributed by atoms with Crippen LogP contribution in [0.1, 0.15) is 99.3 Å². The molecule has 0 bridgehead atoms. The molecule has 43 heavy (non-hydrogen) atoms. The van der Waals surface area contributed by atoms with Gasteiger partial charge in [-0.15, -0.1) is 0 Å². The number of carbonyl (C=O) groups is 1. The fourth-order valence-electron chi connectivity index (χ4n) is 9.32. The molecule has 0 N–H and O–H groups in total. The van der Waals surface area contributed by atoms with E-state index >= 15 is 0 Å². The normalized spacial score (nSPS) is 37.0. The van der Waals surface area contributed by atoms with E-state index in [-0.39, 0.29) is 101 Å². The summed E-state index contributed by atoms with van der Waals surface area (Å²) in [6.07, 6.45) is 6.04. The van der Waals surface area contributed by atoms with Crippen LogP contribution in [0.25, 0.3) is 0 Å². The average molecular weight is 665 g/mol. The Balaban J connectivity index is 0.00000323. The maximum absolute atomic E-state index is 12.0. The van der Waals surface area contributed by atoms with E-state index in [0.717, 1.165) is 32.1 Å². The van der Waals surface area contributed by atoms with Crippen LogP contribution in [0.15, 0.2) is 11.6 Å². The van der Waals surface area contributed by atoms with Gasteiger partial charge in [-0.1, -0.05) is 46.3 Å². The quantitative estimate of drug-likeness (QED) is 0.0921. The van der Waals surface area contributed by atoms with Gasteiger partial charge in [0.1, 0.15) is 6.10 Å². The Bertz CT molecular complexity index is 1240. The number of esters is 1. The third-order valence-electron chi connectivity index (χ3n) is 11.1. The van der Waals surface area contributed by atoms with Crippen molar-refractivity contribution in [3.63, 3.8) is 0 Å². The van der Waals surface area contributed by atoms with E-state index in [9.17, 15) is 30.7 Å². The summed E-state index contributed by atoms with van der Waals surface area (Å²) in [4.78, 5) is 12.0. The summed E-state index contributed by atoms with van der Waals surface area (Å²) in [5, 5.41) is 0. The van der Waals surface area contributed by atoms with E-state index in [1.54, 1.807) is 0 Å². The van der Waals surface area contributed by atoms with Crippen LogP contribution in [0, 0.1) is 46.3 Å². The van der Waals surface area contributed by atoms with E-state index < -0.39 is 44.3 Å². The number of hydrogen-bond acceptors (Lipinski definition) is 10. The number of rotatable bonds is 10. The second-order valence-corrected chi connectivity index (χ2v) is 16.0. The van der Waals surface area contributed by atoms with Gasteiger partial charge in [0.15, 0.2) is 0 Å². The minimum absolute atomic E-state index is 0. The summed E-state index contributed by atoms with van der Waals surface area (Å²) >= 11 is 0. The zero-order valence-electron chi connectivity index (χ0n) is 27.0. The van der Waals surface area contributed by atoms with Gasteiger partial charge >= 0.3 is 65.1 Å². The van der Waals surface area contributed by atoms with Crippen LogP contribution in [-0.4, -0.2) is 50.2 Å². The largest absolute Gasteiger partial charge is 1.00 e.